The molecule has 1 aromatic rings. The summed E-state index contributed by atoms with van der Waals surface area (Å²) in [6.07, 6.45) is 0. The molecule has 0 unspecified atom stereocenters. The van der Waals surface area contributed by atoms with Crippen LogP contribution in [0.2, 0.25) is 0 Å². The van der Waals surface area contributed by atoms with Gasteiger partial charge in [-0.2, -0.15) is 0 Å². The highest BCUT2D eigenvalue weighted by Gasteiger charge is 2.16. The van der Waals surface area contributed by atoms with Crippen LogP contribution in [0.15, 0.2) is 18.2 Å². The molecule has 0 aromatic heterocycles. The van der Waals surface area contributed by atoms with Gasteiger partial charge in [-0.3, -0.25) is 0 Å². The fraction of sp³-hybridized carbons (Fsp3) is 0.400. The van der Waals surface area contributed by atoms with Gasteiger partial charge in [-0.05, 0) is 32.9 Å². The van der Waals surface area contributed by atoms with Crippen molar-refractivity contribution >= 4 is 5.69 Å². The molecule has 3 nitrogen and oxygen atoms in total. The van der Waals surface area contributed by atoms with E-state index in [1.165, 1.54) is 0 Å². The lowest BCUT2D eigenvalue weighted by Gasteiger charge is -2.22. The van der Waals surface area contributed by atoms with Crippen LogP contribution in [-0.4, -0.2) is 10.7 Å². The van der Waals surface area contributed by atoms with Crippen LogP contribution in [0.4, 0.5) is 5.69 Å². The summed E-state index contributed by atoms with van der Waals surface area (Å²) < 4.78 is 5.49. The Hall–Kier alpha value is -1.38. The Kier molecular flexibility index (Phi) is 2.36. The molecule has 72 valence electrons. The van der Waals surface area contributed by atoms with E-state index in [0.717, 1.165) is 0 Å². The Balaban J connectivity index is 3.00. The zero-order valence-corrected chi connectivity index (χ0v) is 8.16. The predicted molar refractivity (Wildman–Crippen MR) is 52.9 cm³/mol. The number of ether oxygens (including phenoxy) is 1. The molecule has 0 fully saturated rings. The summed E-state index contributed by atoms with van der Waals surface area (Å²) in [4.78, 5) is 0. The summed E-state index contributed by atoms with van der Waals surface area (Å²) in [6, 6.07) is 4.93. The van der Waals surface area contributed by atoms with Gasteiger partial charge in [0.2, 0.25) is 0 Å². The molecule has 0 bridgehead atoms. The fourth-order valence-electron chi connectivity index (χ4n) is 0.960. The van der Waals surface area contributed by atoms with Crippen molar-refractivity contribution in [2.45, 2.75) is 26.4 Å². The second-order valence-electron chi connectivity index (χ2n) is 3.91. The maximum atomic E-state index is 9.45. The maximum Gasteiger partial charge on any atom is 0.184 e. The number of hydrogen-bond acceptors (Lipinski definition) is 3. The molecule has 0 aliphatic heterocycles. The molecular formula is C10H15NO2. The summed E-state index contributed by atoms with van der Waals surface area (Å²) in [5, 5.41) is 9.45. The molecule has 1 aromatic carbocycles. The van der Waals surface area contributed by atoms with Crippen LogP contribution in [0.25, 0.3) is 0 Å². The van der Waals surface area contributed by atoms with E-state index in [0.29, 0.717) is 11.4 Å². The van der Waals surface area contributed by atoms with Crippen molar-refractivity contribution in [2.24, 2.45) is 0 Å². The molecule has 0 saturated carbocycles. The number of para-hydroxylation sites is 1. The first kappa shape index (κ1) is 9.71. The molecule has 0 radical (unpaired) electrons. The molecule has 0 aliphatic rings. The van der Waals surface area contributed by atoms with E-state index in [2.05, 4.69) is 0 Å². The molecule has 0 amide bonds. The average Bonchev–Trinajstić information content (AvgIpc) is 1.95. The third-order valence-electron chi connectivity index (χ3n) is 1.43. The number of phenols is 1. The summed E-state index contributed by atoms with van der Waals surface area (Å²) in [5.74, 6) is 0.435. The number of aromatic hydroxyl groups is 1. The van der Waals surface area contributed by atoms with Gasteiger partial charge in [0.1, 0.15) is 5.60 Å². The molecule has 0 aliphatic carbocycles. The largest absolute Gasteiger partial charge is 0.504 e. The molecule has 0 spiro atoms. The molecule has 3 N–H and O–H groups in total. The van der Waals surface area contributed by atoms with Crippen LogP contribution in [0, 0.1) is 0 Å². The fourth-order valence-corrected chi connectivity index (χ4v) is 0.960. The number of anilines is 1. The molecule has 3 heteroatoms. The van der Waals surface area contributed by atoms with Crippen molar-refractivity contribution in [3.8, 4) is 11.5 Å². The second-order valence-corrected chi connectivity index (χ2v) is 3.91. The third-order valence-corrected chi connectivity index (χ3v) is 1.43. The van der Waals surface area contributed by atoms with Crippen LogP contribution in [0.3, 0.4) is 0 Å². The molecule has 13 heavy (non-hydrogen) atoms. The van der Waals surface area contributed by atoms with Crippen molar-refractivity contribution in [3.63, 3.8) is 0 Å². The van der Waals surface area contributed by atoms with E-state index in [1.54, 1.807) is 18.2 Å². The minimum absolute atomic E-state index is 0.0786. The van der Waals surface area contributed by atoms with Gasteiger partial charge < -0.3 is 15.6 Å². The van der Waals surface area contributed by atoms with Gasteiger partial charge in [0.25, 0.3) is 0 Å². The van der Waals surface area contributed by atoms with Crippen molar-refractivity contribution in [3.05, 3.63) is 18.2 Å². The minimum atomic E-state index is -0.354. The van der Waals surface area contributed by atoms with Gasteiger partial charge in [0, 0.05) is 0 Å². The Morgan fingerprint density at radius 2 is 1.92 bits per heavy atom. The summed E-state index contributed by atoms with van der Waals surface area (Å²) in [5.41, 5.74) is 5.74. The van der Waals surface area contributed by atoms with Crippen molar-refractivity contribution in [1.29, 1.82) is 0 Å². The van der Waals surface area contributed by atoms with E-state index in [4.69, 9.17) is 10.5 Å². The standard InChI is InChI=1S/C10H15NO2/c1-10(2,3)13-9-7(11)5-4-6-8(9)12/h4-6,12H,11H2,1-3H3. The zero-order valence-electron chi connectivity index (χ0n) is 8.16. The number of phenolic OH excluding ortho intramolecular Hbond substituents is 1. The smallest absolute Gasteiger partial charge is 0.184 e. The Labute approximate surface area is 78.1 Å². The first-order chi connectivity index (χ1) is 5.90. The van der Waals surface area contributed by atoms with Crippen LogP contribution >= 0.6 is 0 Å². The van der Waals surface area contributed by atoms with Gasteiger partial charge in [-0.1, -0.05) is 6.07 Å². The zero-order chi connectivity index (χ0) is 10.1. The third kappa shape index (κ3) is 2.54. The first-order valence-electron chi connectivity index (χ1n) is 4.16. The lowest BCUT2D eigenvalue weighted by atomic mass is 10.2. The van der Waals surface area contributed by atoms with E-state index in [9.17, 15) is 5.11 Å². The lowest BCUT2D eigenvalue weighted by Crippen LogP contribution is -2.23. The Bertz CT molecular complexity index is 282. The van der Waals surface area contributed by atoms with Gasteiger partial charge in [-0.25, -0.2) is 0 Å². The summed E-state index contributed by atoms with van der Waals surface area (Å²) >= 11 is 0. The van der Waals surface area contributed by atoms with Gasteiger partial charge in [0.05, 0.1) is 5.69 Å². The highest BCUT2D eigenvalue weighted by atomic mass is 16.5. The van der Waals surface area contributed by atoms with Crippen LogP contribution in [-0.2, 0) is 0 Å². The topological polar surface area (TPSA) is 55.5 Å². The quantitative estimate of drug-likeness (QED) is 0.653. The molecule has 0 heterocycles. The monoisotopic (exact) mass is 181 g/mol. The highest BCUT2D eigenvalue weighted by molar-refractivity contribution is 5.59. The summed E-state index contributed by atoms with van der Waals surface area (Å²) in [6.45, 7) is 5.70. The first-order valence-corrected chi connectivity index (χ1v) is 4.16. The average molecular weight is 181 g/mol. The van der Waals surface area contributed by atoms with E-state index in [-0.39, 0.29) is 11.4 Å². The maximum absolute atomic E-state index is 9.45. The van der Waals surface area contributed by atoms with Crippen LogP contribution < -0.4 is 10.5 Å². The van der Waals surface area contributed by atoms with Gasteiger partial charge in [-0.15, -0.1) is 0 Å². The lowest BCUT2D eigenvalue weighted by molar-refractivity contribution is 0.127. The molecule has 1 rings (SSSR count). The van der Waals surface area contributed by atoms with E-state index >= 15 is 0 Å². The highest BCUT2D eigenvalue weighted by Crippen LogP contribution is 2.34. The van der Waals surface area contributed by atoms with Crippen LogP contribution in [0.1, 0.15) is 20.8 Å². The normalized spacial score (nSPS) is 11.3. The Morgan fingerprint density at radius 1 is 1.31 bits per heavy atom. The number of rotatable bonds is 1. The van der Waals surface area contributed by atoms with Gasteiger partial charge >= 0.3 is 0 Å². The number of benzene rings is 1. The van der Waals surface area contributed by atoms with Crippen molar-refractivity contribution in [1.82, 2.24) is 0 Å². The Morgan fingerprint density at radius 3 is 2.38 bits per heavy atom. The van der Waals surface area contributed by atoms with E-state index < -0.39 is 0 Å². The van der Waals surface area contributed by atoms with Gasteiger partial charge in [0.15, 0.2) is 11.5 Å². The predicted octanol–water partition coefficient (Wildman–Crippen LogP) is 2.15. The molecule has 0 atom stereocenters. The van der Waals surface area contributed by atoms with Crippen molar-refractivity contribution < 1.29 is 9.84 Å². The number of nitrogen functional groups attached to an aromatic ring is 1. The van der Waals surface area contributed by atoms with E-state index in [1.807, 2.05) is 20.8 Å². The van der Waals surface area contributed by atoms with Crippen molar-refractivity contribution in [2.75, 3.05) is 5.73 Å². The molecule has 0 saturated heterocycles. The summed E-state index contributed by atoms with van der Waals surface area (Å²) in [7, 11) is 0. The van der Waals surface area contributed by atoms with Crippen LogP contribution in [0.5, 0.6) is 11.5 Å². The number of nitrogens with two attached hydrogens (primary N) is 1. The number of hydrogen-bond donors (Lipinski definition) is 2. The minimum Gasteiger partial charge on any atom is -0.504 e. The second kappa shape index (κ2) is 3.17. The SMILES string of the molecule is CC(C)(C)Oc1c(N)cccc1O. The molecular weight excluding hydrogens is 166 g/mol.